The summed E-state index contributed by atoms with van der Waals surface area (Å²) < 4.78 is 14.8. The lowest BCUT2D eigenvalue weighted by Gasteiger charge is -2.39. The number of aldehydes is 1. The number of benzene rings is 2. The Morgan fingerprint density at radius 1 is 1.10 bits per heavy atom. The second kappa shape index (κ2) is 10.9. The first-order valence-corrected chi connectivity index (χ1v) is 9.83. The van der Waals surface area contributed by atoms with Gasteiger partial charge in [-0.2, -0.15) is 0 Å². The van der Waals surface area contributed by atoms with Crippen LogP contribution in [0.3, 0.4) is 0 Å². The molecule has 0 aliphatic heterocycles. The Bertz CT molecular complexity index is 981. The van der Waals surface area contributed by atoms with E-state index in [0.717, 1.165) is 11.8 Å². The highest BCUT2D eigenvalue weighted by Gasteiger charge is 2.33. The zero-order valence-corrected chi connectivity index (χ0v) is 17.9. The van der Waals surface area contributed by atoms with E-state index in [2.05, 4.69) is 17.2 Å². The minimum Gasteiger partial charge on any atom is -0.357 e. The second-order valence-electron chi connectivity index (χ2n) is 7.53. The molecule has 0 fully saturated rings. The molecule has 0 saturated carbocycles. The van der Waals surface area contributed by atoms with E-state index in [1.54, 1.807) is 19.9 Å². The number of hydrogen-bond donors (Lipinski definition) is 1. The van der Waals surface area contributed by atoms with Crippen LogP contribution in [0.4, 0.5) is 14.9 Å². The molecule has 7 heteroatoms. The van der Waals surface area contributed by atoms with E-state index in [0.29, 0.717) is 12.0 Å². The van der Waals surface area contributed by atoms with Crippen LogP contribution >= 0.6 is 0 Å². The highest BCUT2D eigenvalue weighted by atomic mass is 19.1. The summed E-state index contributed by atoms with van der Waals surface area (Å²) in [5, 5.41) is 2.50. The van der Waals surface area contributed by atoms with Crippen molar-refractivity contribution in [3.05, 3.63) is 65.5 Å². The van der Waals surface area contributed by atoms with Gasteiger partial charge in [-0.1, -0.05) is 30.0 Å². The topological polar surface area (TPSA) is 69.7 Å². The molecule has 2 aromatic rings. The number of amides is 3. The van der Waals surface area contributed by atoms with Gasteiger partial charge in [-0.15, -0.1) is 0 Å². The average Bonchev–Trinajstić information content (AvgIpc) is 2.75. The Morgan fingerprint density at radius 3 is 2.39 bits per heavy atom. The molecule has 0 saturated heterocycles. The summed E-state index contributed by atoms with van der Waals surface area (Å²) >= 11 is 0. The molecule has 0 spiro atoms. The smallest absolute Gasteiger partial charge is 0.324 e. The molecule has 0 aliphatic rings. The normalized spacial score (nSPS) is 10.5. The third-order valence-electron chi connectivity index (χ3n) is 4.83. The fourth-order valence-electron chi connectivity index (χ4n) is 3.01. The molecular formula is C24H26FN3O3. The first-order chi connectivity index (χ1) is 14.8. The standard InChI is InChI=1S/C24H26FN3O3/c1-24(2,13-16-29)28(15-14-26-18-30)23(31)27(3)22-12-11-20(17-21(22)25)10-9-19-7-5-4-6-8-19/h4-8,11-12,16-18H,13-15H2,1-3H3,(H,26,30). The molecule has 0 aliphatic carbocycles. The molecule has 0 heterocycles. The third kappa shape index (κ3) is 6.41. The van der Waals surface area contributed by atoms with Gasteiger partial charge in [0.1, 0.15) is 12.1 Å². The SMILES string of the molecule is CN(C(=O)N(CCNC=O)C(C)(C)CC=O)c1ccc(C#Cc2ccccc2)cc1F. The molecule has 0 bridgehead atoms. The second-order valence-corrected chi connectivity index (χ2v) is 7.53. The number of carbonyl (C=O) groups is 3. The van der Waals surface area contributed by atoms with Gasteiger partial charge in [0, 0.05) is 43.2 Å². The molecule has 2 aromatic carbocycles. The van der Waals surface area contributed by atoms with Gasteiger partial charge in [0.25, 0.3) is 0 Å². The predicted octanol–water partition coefficient (Wildman–Crippen LogP) is 3.20. The largest absolute Gasteiger partial charge is 0.357 e. The van der Waals surface area contributed by atoms with E-state index in [4.69, 9.17) is 0 Å². The molecular weight excluding hydrogens is 397 g/mol. The summed E-state index contributed by atoms with van der Waals surface area (Å²) in [6.45, 7) is 3.87. The molecule has 0 aromatic heterocycles. The minimum absolute atomic E-state index is 0.0884. The molecule has 0 unspecified atom stereocenters. The van der Waals surface area contributed by atoms with Crippen LogP contribution in [0.1, 0.15) is 31.4 Å². The quantitative estimate of drug-likeness (QED) is 0.403. The molecule has 0 radical (unpaired) electrons. The highest BCUT2D eigenvalue weighted by Crippen LogP contribution is 2.24. The van der Waals surface area contributed by atoms with Crippen LogP contribution in [0.5, 0.6) is 0 Å². The van der Waals surface area contributed by atoms with Crippen molar-refractivity contribution in [1.82, 2.24) is 10.2 Å². The van der Waals surface area contributed by atoms with Gasteiger partial charge < -0.3 is 15.0 Å². The van der Waals surface area contributed by atoms with Crippen molar-refractivity contribution in [1.29, 1.82) is 0 Å². The van der Waals surface area contributed by atoms with Crippen LogP contribution < -0.4 is 10.2 Å². The van der Waals surface area contributed by atoms with E-state index in [-0.39, 0.29) is 25.2 Å². The van der Waals surface area contributed by atoms with E-state index < -0.39 is 17.4 Å². The van der Waals surface area contributed by atoms with Crippen LogP contribution in [0.25, 0.3) is 0 Å². The average molecular weight is 423 g/mol. The molecule has 6 nitrogen and oxygen atoms in total. The Hall–Kier alpha value is -3.66. The van der Waals surface area contributed by atoms with Gasteiger partial charge in [-0.05, 0) is 44.2 Å². The Kier molecular flexibility index (Phi) is 8.33. The molecule has 3 amide bonds. The van der Waals surface area contributed by atoms with Gasteiger partial charge in [0.2, 0.25) is 6.41 Å². The molecule has 1 N–H and O–H groups in total. The lowest BCUT2D eigenvalue weighted by atomic mass is 9.99. The summed E-state index contributed by atoms with van der Waals surface area (Å²) in [4.78, 5) is 37.4. The van der Waals surface area contributed by atoms with Crippen molar-refractivity contribution in [2.24, 2.45) is 0 Å². The zero-order chi connectivity index (χ0) is 22.9. The number of anilines is 1. The van der Waals surface area contributed by atoms with Crippen molar-refractivity contribution in [2.45, 2.75) is 25.8 Å². The van der Waals surface area contributed by atoms with Crippen molar-refractivity contribution in [3.8, 4) is 11.8 Å². The number of nitrogens with one attached hydrogen (secondary N) is 1. The third-order valence-corrected chi connectivity index (χ3v) is 4.83. The number of rotatable bonds is 8. The minimum atomic E-state index is -0.810. The molecule has 162 valence electrons. The van der Waals surface area contributed by atoms with Crippen LogP contribution in [0.15, 0.2) is 48.5 Å². The van der Waals surface area contributed by atoms with Gasteiger partial charge in [-0.25, -0.2) is 9.18 Å². The zero-order valence-electron chi connectivity index (χ0n) is 17.9. The van der Waals surface area contributed by atoms with Gasteiger partial charge in [0.15, 0.2) is 0 Å². The van der Waals surface area contributed by atoms with Crippen molar-refractivity contribution < 1.29 is 18.8 Å². The van der Waals surface area contributed by atoms with Crippen LogP contribution in [-0.2, 0) is 9.59 Å². The van der Waals surface area contributed by atoms with Gasteiger partial charge >= 0.3 is 6.03 Å². The van der Waals surface area contributed by atoms with Crippen molar-refractivity contribution >= 4 is 24.4 Å². The maximum absolute atomic E-state index is 14.8. The highest BCUT2D eigenvalue weighted by molar-refractivity contribution is 5.92. The van der Waals surface area contributed by atoms with Gasteiger partial charge in [-0.3, -0.25) is 9.69 Å². The van der Waals surface area contributed by atoms with E-state index >= 15 is 0 Å². The monoisotopic (exact) mass is 423 g/mol. The molecule has 0 atom stereocenters. The lowest BCUT2D eigenvalue weighted by molar-refractivity contribution is -0.111. The maximum Gasteiger partial charge on any atom is 0.324 e. The molecule has 31 heavy (non-hydrogen) atoms. The first kappa shape index (κ1) is 23.6. The summed E-state index contributed by atoms with van der Waals surface area (Å²) in [6, 6.07) is 13.3. The Labute approximate surface area is 182 Å². The first-order valence-electron chi connectivity index (χ1n) is 9.83. The van der Waals surface area contributed by atoms with E-state index in [1.807, 2.05) is 30.3 Å². The number of halogens is 1. The number of nitrogens with zero attached hydrogens (tertiary/aromatic N) is 2. The van der Waals surface area contributed by atoms with Crippen LogP contribution in [-0.4, -0.2) is 49.3 Å². The van der Waals surface area contributed by atoms with E-state index in [1.165, 1.54) is 29.0 Å². The fourth-order valence-corrected chi connectivity index (χ4v) is 3.01. The number of carbonyl (C=O) groups excluding carboxylic acids is 3. The number of hydrogen-bond acceptors (Lipinski definition) is 3. The fraction of sp³-hybridized carbons (Fsp3) is 0.292. The van der Waals surface area contributed by atoms with Crippen LogP contribution in [0, 0.1) is 17.7 Å². The summed E-state index contributed by atoms with van der Waals surface area (Å²) in [6.07, 6.45) is 1.37. The maximum atomic E-state index is 14.8. The molecule has 2 rings (SSSR count). The Balaban J connectivity index is 2.25. The van der Waals surface area contributed by atoms with Gasteiger partial charge in [0.05, 0.1) is 5.69 Å². The summed E-state index contributed by atoms with van der Waals surface area (Å²) in [5.41, 5.74) is 0.580. The van der Waals surface area contributed by atoms with Crippen molar-refractivity contribution in [3.63, 3.8) is 0 Å². The van der Waals surface area contributed by atoms with Crippen LogP contribution in [0.2, 0.25) is 0 Å². The predicted molar refractivity (Wildman–Crippen MR) is 118 cm³/mol. The van der Waals surface area contributed by atoms with Crippen molar-refractivity contribution in [2.75, 3.05) is 25.0 Å². The summed E-state index contributed by atoms with van der Waals surface area (Å²) in [5.74, 6) is 5.29. The van der Waals surface area contributed by atoms with E-state index in [9.17, 15) is 18.8 Å². The number of urea groups is 1. The lowest BCUT2D eigenvalue weighted by Crippen LogP contribution is -2.54. The summed E-state index contributed by atoms with van der Waals surface area (Å²) in [7, 11) is 1.47. The Morgan fingerprint density at radius 2 is 1.77 bits per heavy atom.